The van der Waals surface area contributed by atoms with E-state index in [0.29, 0.717) is 11.6 Å². The van der Waals surface area contributed by atoms with Crippen LogP contribution in [0.4, 0.5) is 0 Å². The fourth-order valence-electron chi connectivity index (χ4n) is 1.15. The number of aromatic nitrogens is 2. The summed E-state index contributed by atoms with van der Waals surface area (Å²) >= 11 is 0. The minimum Gasteiger partial charge on any atom is -0.345 e. The molecule has 1 heterocycles. The first-order valence-electron chi connectivity index (χ1n) is 3.82. The van der Waals surface area contributed by atoms with Gasteiger partial charge in [0.1, 0.15) is 5.82 Å². The van der Waals surface area contributed by atoms with Gasteiger partial charge in [-0.3, -0.25) is 0 Å². The van der Waals surface area contributed by atoms with Crippen molar-refractivity contribution in [1.29, 1.82) is 0 Å². The molecule has 1 aromatic heterocycles. The van der Waals surface area contributed by atoms with Crippen LogP contribution in [0, 0.1) is 0 Å². The number of para-hydroxylation sites is 1. The number of aromatic amines is 1. The van der Waals surface area contributed by atoms with Crippen LogP contribution in [0.15, 0.2) is 36.7 Å². The van der Waals surface area contributed by atoms with Crippen LogP contribution in [0.5, 0.6) is 5.75 Å². The van der Waals surface area contributed by atoms with Crippen LogP contribution in [-0.2, 0) is 0 Å². The molecule has 0 aliphatic heterocycles. The maximum absolute atomic E-state index is 8.58. The summed E-state index contributed by atoms with van der Waals surface area (Å²) < 4.78 is 0. The van der Waals surface area contributed by atoms with Gasteiger partial charge in [0.2, 0.25) is 0 Å². The molecule has 0 fully saturated rings. The van der Waals surface area contributed by atoms with Gasteiger partial charge < -0.3 is 9.87 Å². The third kappa shape index (κ3) is 1.39. The van der Waals surface area contributed by atoms with E-state index in [4.69, 9.17) is 5.26 Å². The molecule has 0 amide bonds. The van der Waals surface area contributed by atoms with Crippen molar-refractivity contribution >= 4 is 0 Å². The van der Waals surface area contributed by atoms with Gasteiger partial charge in [0, 0.05) is 12.4 Å². The van der Waals surface area contributed by atoms with Crippen molar-refractivity contribution in [2.75, 3.05) is 0 Å². The highest BCUT2D eigenvalue weighted by molar-refractivity contribution is 5.63. The van der Waals surface area contributed by atoms with Crippen LogP contribution < -0.4 is 4.89 Å². The first kappa shape index (κ1) is 7.82. The molecular weight excluding hydrogens is 168 g/mol. The summed E-state index contributed by atoms with van der Waals surface area (Å²) in [6.45, 7) is 0. The fourth-order valence-corrected chi connectivity index (χ4v) is 1.15. The van der Waals surface area contributed by atoms with E-state index in [0.717, 1.165) is 5.56 Å². The SMILES string of the molecule is OOc1ccccc1-c1ncc[nH]1. The smallest absolute Gasteiger partial charge is 0.176 e. The molecular formula is C9H8N2O2. The van der Waals surface area contributed by atoms with Gasteiger partial charge in [0.15, 0.2) is 5.75 Å². The second kappa shape index (κ2) is 3.28. The van der Waals surface area contributed by atoms with Gasteiger partial charge in [-0.15, -0.1) is 0 Å². The van der Waals surface area contributed by atoms with Crippen molar-refractivity contribution in [2.24, 2.45) is 0 Å². The van der Waals surface area contributed by atoms with Crippen molar-refractivity contribution in [1.82, 2.24) is 9.97 Å². The van der Waals surface area contributed by atoms with Crippen LogP contribution in [0.2, 0.25) is 0 Å². The average molecular weight is 176 g/mol. The number of nitrogens with zero attached hydrogens (tertiary/aromatic N) is 1. The molecule has 0 spiro atoms. The maximum atomic E-state index is 8.58. The Bertz CT molecular complexity index is 384. The van der Waals surface area contributed by atoms with E-state index in [1.54, 1.807) is 24.5 Å². The number of hydrogen-bond donors (Lipinski definition) is 2. The zero-order valence-corrected chi connectivity index (χ0v) is 6.77. The molecule has 13 heavy (non-hydrogen) atoms. The second-order valence-corrected chi connectivity index (χ2v) is 2.53. The van der Waals surface area contributed by atoms with Crippen LogP contribution in [-0.4, -0.2) is 15.2 Å². The predicted molar refractivity (Wildman–Crippen MR) is 47.3 cm³/mol. The maximum Gasteiger partial charge on any atom is 0.176 e. The summed E-state index contributed by atoms with van der Waals surface area (Å²) in [4.78, 5) is 11.2. The van der Waals surface area contributed by atoms with Crippen molar-refractivity contribution in [3.63, 3.8) is 0 Å². The largest absolute Gasteiger partial charge is 0.345 e. The summed E-state index contributed by atoms with van der Waals surface area (Å²) in [5.74, 6) is 1.06. The Balaban J connectivity index is 2.51. The lowest BCUT2D eigenvalue weighted by atomic mass is 10.2. The van der Waals surface area contributed by atoms with E-state index in [1.165, 1.54) is 0 Å². The minimum atomic E-state index is 0.387. The van der Waals surface area contributed by atoms with Gasteiger partial charge in [-0.2, -0.15) is 0 Å². The first-order valence-corrected chi connectivity index (χ1v) is 3.82. The molecule has 0 saturated carbocycles. The monoisotopic (exact) mass is 176 g/mol. The molecule has 0 bridgehead atoms. The van der Waals surface area contributed by atoms with Crippen LogP contribution in [0.3, 0.4) is 0 Å². The molecule has 0 aliphatic carbocycles. The highest BCUT2D eigenvalue weighted by Gasteiger charge is 2.06. The second-order valence-electron chi connectivity index (χ2n) is 2.53. The van der Waals surface area contributed by atoms with Gasteiger partial charge >= 0.3 is 0 Å². The van der Waals surface area contributed by atoms with Gasteiger partial charge in [0.25, 0.3) is 0 Å². The van der Waals surface area contributed by atoms with E-state index in [1.807, 2.05) is 12.1 Å². The molecule has 4 heteroatoms. The lowest BCUT2D eigenvalue weighted by Gasteiger charge is -2.01. The van der Waals surface area contributed by atoms with Crippen molar-refractivity contribution in [3.8, 4) is 17.1 Å². The zero-order valence-electron chi connectivity index (χ0n) is 6.77. The van der Waals surface area contributed by atoms with E-state index in [-0.39, 0.29) is 0 Å². The Morgan fingerprint density at radius 2 is 2.15 bits per heavy atom. The molecule has 2 N–H and O–H groups in total. The topological polar surface area (TPSA) is 58.1 Å². The molecule has 0 atom stereocenters. The van der Waals surface area contributed by atoms with Crippen LogP contribution in [0.1, 0.15) is 0 Å². The summed E-state index contributed by atoms with van der Waals surface area (Å²) in [7, 11) is 0. The molecule has 2 rings (SSSR count). The molecule has 1 aromatic carbocycles. The van der Waals surface area contributed by atoms with E-state index in [2.05, 4.69) is 14.9 Å². The standard InChI is InChI=1S/C9H8N2O2/c12-13-8-4-2-1-3-7(8)9-10-5-6-11-9/h1-6,12H,(H,10,11). The Morgan fingerprint density at radius 1 is 1.31 bits per heavy atom. The van der Waals surface area contributed by atoms with Gasteiger partial charge in [0.05, 0.1) is 5.56 Å². The lowest BCUT2D eigenvalue weighted by molar-refractivity contribution is -0.137. The van der Waals surface area contributed by atoms with Crippen LogP contribution in [0.25, 0.3) is 11.4 Å². The highest BCUT2D eigenvalue weighted by atomic mass is 17.1. The summed E-state index contributed by atoms with van der Waals surface area (Å²) in [5.41, 5.74) is 0.731. The first-order chi connectivity index (χ1) is 6.42. The third-order valence-corrected chi connectivity index (χ3v) is 1.74. The Kier molecular flexibility index (Phi) is 1.97. The molecule has 2 aromatic rings. The molecule has 0 unspecified atom stereocenters. The molecule has 0 saturated heterocycles. The molecule has 4 nitrogen and oxygen atoms in total. The summed E-state index contributed by atoms with van der Waals surface area (Å²) in [5, 5.41) is 8.58. The number of H-pyrrole nitrogens is 1. The Labute approximate surface area is 74.8 Å². The highest BCUT2D eigenvalue weighted by Crippen LogP contribution is 2.25. The van der Waals surface area contributed by atoms with E-state index in [9.17, 15) is 0 Å². The van der Waals surface area contributed by atoms with Crippen molar-refractivity contribution in [3.05, 3.63) is 36.7 Å². The van der Waals surface area contributed by atoms with Gasteiger partial charge in [-0.05, 0) is 12.1 Å². The number of benzene rings is 1. The number of rotatable bonds is 2. The van der Waals surface area contributed by atoms with E-state index < -0.39 is 0 Å². The van der Waals surface area contributed by atoms with Gasteiger partial charge in [-0.25, -0.2) is 10.2 Å². The van der Waals surface area contributed by atoms with Gasteiger partial charge in [-0.1, -0.05) is 12.1 Å². The lowest BCUT2D eigenvalue weighted by Crippen LogP contribution is -1.88. The number of hydrogen-bond acceptors (Lipinski definition) is 3. The summed E-state index contributed by atoms with van der Waals surface area (Å²) in [6, 6.07) is 7.10. The fraction of sp³-hybridized carbons (Fsp3) is 0. The normalized spacial score (nSPS) is 9.92. The summed E-state index contributed by atoms with van der Waals surface area (Å²) in [6.07, 6.45) is 3.35. The Morgan fingerprint density at radius 3 is 2.85 bits per heavy atom. The molecule has 66 valence electrons. The third-order valence-electron chi connectivity index (χ3n) is 1.74. The minimum absolute atomic E-state index is 0.387. The zero-order chi connectivity index (χ0) is 9.10. The van der Waals surface area contributed by atoms with E-state index >= 15 is 0 Å². The quantitative estimate of drug-likeness (QED) is 0.543. The molecule has 0 radical (unpaired) electrons. The number of imidazole rings is 1. The predicted octanol–water partition coefficient (Wildman–Crippen LogP) is 1.93. The van der Waals surface area contributed by atoms with Crippen LogP contribution >= 0.6 is 0 Å². The van der Waals surface area contributed by atoms with Crippen molar-refractivity contribution < 1.29 is 10.1 Å². The van der Waals surface area contributed by atoms with Crippen molar-refractivity contribution in [2.45, 2.75) is 0 Å². The number of nitrogens with one attached hydrogen (secondary N) is 1. The average Bonchev–Trinajstić information content (AvgIpc) is 2.70. The molecule has 0 aliphatic rings. The Hall–Kier alpha value is -1.81.